The van der Waals surface area contributed by atoms with E-state index in [1.807, 2.05) is 31.2 Å². The van der Waals surface area contributed by atoms with Crippen molar-refractivity contribution in [3.8, 4) is 5.75 Å². The van der Waals surface area contributed by atoms with E-state index in [9.17, 15) is 4.79 Å². The lowest BCUT2D eigenvalue weighted by Gasteiger charge is -2.19. The van der Waals surface area contributed by atoms with E-state index in [1.54, 1.807) is 18.9 Å². The Morgan fingerprint density at radius 3 is 2.72 bits per heavy atom. The Labute approximate surface area is 109 Å². The summed E-state index contributed by atoms with van der Waals surface area (Å²) in [7, 11) is 1.76. The van der Waals surface area contributed by atoms with Gasteiger partial charge in [0.25, 0.3) is 0 Å². The molecular formula is C14H22N2O2. The third-order valence-corrected chi connectivity index (χ3v) is 2.75. The summed E-state index contributed by atoms with van der Waals surface area (Å²) in [6.45, 7) is 4.97. The average Bonchev–Trinajstić information content (AvgIpc) is 2.35. The molecule has 2 N–H and O–H groups in total. The van der Waals surface area contributed by atoms with Gasteiger partial charge in [0.1, 0.15) is 5.75 Å². The van der Waals surface area contributed by atoms with Crippen molar-refractivity contribution in [3.63, 3.8) is 0 Å². The Morgan fingerprint density at radius 1 is 1.44 bits per heavy atom. The lowest BCUT2D eigenvalue weighted by atomic mass is 10.2. The van der Waals surface area contributed by atoms with E-state index in [-0.39, 0.29) is 5.91 Å². The first-order valence-corrected chi connectivity index (χ1v) is 6.21. The zero-order chi connectivity index (χ0) is 13.5. The van der Waals surface area contributed by atoms with Crippen LogP contribution in [0.4, 0.5) is 0 Å². The number of ether oxygens (including phenoxy) is 1. The quantitative estimate of drug-likeness (QED) is 0.780. The summed E-state index contributed by atoms with van der Waals surface area (Å²) in [4.78, 5) is 13.2. The largest absolute Gasteiger partial charge is 0.493 e. The molecule has 1 aromatic rings. The van der Waals surface area contributed by atoms with E-state index in [4.69, 9.17) is 10.5 Å². The number of amides is 1. The van der Waals surface area contributed by atoms with Crippen molar-refractivity contribution in [2.75, 3.05) is 20.2 Å². The maximum Gasteiger partial charge on any atom is 0.238 e. The van der Waals surface area contributed by atoms with Gasteiger partial charge in [-0.1, -0.05) is 18.2 Å². The van der Waals surface area contributed by atoms with Crippen molar-refractivity contribution in [1.82, 2.24) is 4.90 Å². The number of carbonyl (C=O) groups is 1. The molecule has 0 heterocycles. The molecule has 0 aromatic heterocycles. The van der Waals surface area contributed by atoms with Gasteiger partial charge in [-0.2, -0.15) is 0 Å². The van der Waals surface area contributed by atoms with Crippen molar-refractivity contribution >= 4 is 5.91 Å². The van der Waals surface area contributed by atoms with Crippen LogP contribution >= 0.6 is 0 Å². The molecule has 0 fully saturated rings. The minimum atomic E-state index is -0.438. The zero-order valence-corrected chi connectivity index (χ0v) is 11.3. The lowest BCUT2D eigenvalue weighted by molar-refractivity contribution is -0.130. The van der Waals surface area contributed by atoms with E-state index in [0.717, 1.165) is 17.7 Å². The van der Waals surface area contributed by atoms with Gasteiger partial charge < -0.3 is 15.4 Å². The number of nitrogens with zero attached hydrogens (tertiary/aromatic N) is 1. The number of nitrogens with two attached hydrogens (primary N) is 1. The maximum absolute atomic E-state index is 11.5. The third-order valence-electron chi connectivity index (χ3n) is 2.75. The van der Waals surface area contributed by atoms with Gasteiger partial charge >= 0.3 is 0 Å². The number of hydrogen-bond acceptors (Lipinski definition) is 3. The molecule has 18 heavy (non-hydrogen) atoms. The number of likely N-dealkylation sites (N-methyl/N-ethyl adjacent to an activating group) is 1. The minimum Gasteiger partial charge on any atom is -0.493 e. The Morgan fingerprint density at radius 2 is 2.11 bits per heavy atom. The van der Waals surface area contributed by atoms with Crippen LogP contribution in [0.15, 0.2) is 24.3 Å². The molecule has 0 saturated heterocycles. The van der Waals surface area contributed by atoms with Crippen molar-refractivity contribution in [1.29, 1.82) is 0 Å². The predicted molar refractivity (Wildman–Crippen MR) is 72.6 cm³/mol. The van der Waals surface area contributed by atoms with Crippen LogP contribution in [0.25, 0.3) is 0 Å². The van der Waals surface area contributed by atoms with E-state index in [0.29, 0.717) is 13.2 Å². The molecule has 0 bridgehead atoms. The van der Waals surface area contributed by atoms with Crippen LogP contribution in [0.2, 0.25) is 0 Å². The van der Waals surface area contributed by atoms with Gasteiger partial charge in [0.05, 0.1) is 12.6 Å². The average molecular weight is 250 g/mol. The van der Waals surface area contributed by atoms with Crippen LogP contribution < -0.4 is 10.5 Å². The second kappa shape index (κ2) is 7.01. The van der Waals surface area contributed by atoms with Crippen molar-refractivity contribution in [3.05, 3.63) is 29.8 Å². The highest BCUT2D eigenvalue weighted by Gasteiger charge is 2.12. The summed E-state index contributed by atoms with van der Waals surface area (Å²) in [5, 5.41) is 0. The Hall–Kier alpha value is -1.55. The fourth-order valence-electron chi connectivity index (χ4n) is 1.66. The molecule has 1 rings (SSSR count). The van der Waals surface area contributed by atoms with Gasteiger partial charge in [-0.3, -0.25) is 4.79 Å². The number of rotatable bonds is 6. The van der Waals surface area contributed by atoms with E-state index < -0.39 is 6.04 Å². The molecule has 1 aromatic carbocycles. The van der Waals surface area contributed by atoms with Crippen LogP contribution in [0.3, 0.4) is 0 Å². The molecule has 0 unspecified atom stereocenters. The zero-order valence-electron chi connectivity index (χ0n) is 11.3. The fraction of sp³-hybridized carbons (Fsp3) is 0.500. The second-order valence-electron chi connectivity index (χ2n) is 4.52. The highest BCUT2D eigenvalue weighted by atomic mass is 16.5. The number of hydrogen-bond donors (Lipinski definition) is 1. The monoisotopic (exact) mass is 250 g/mol. The highest BCUT2D eigenvalue weighted by Crippen LogP contribution is 2.16. The molecule has 0 aliphatic rings. The molecule has 4 heteroatoms. The van der Waals surface area contributed by atoms with Gasteiger partial charge in [-0.05, 0) is 31.9 Å². The maximum atomic E-state index is 11.5. The first kappa shape index (κ1) is 14.5. The minimum absolute atomic E-state index is 0.0362. The first-order valence-electron chi connectivity index (χ1n) is 6.21. The summed E-state index contributed by atoms with van der Waals surface area (Å²) in [5.41, 5.74) is 6.65. The molecule has 1 atom stereocenters. The number of benzene rings is 1. The third kappa shape index (κ3) is 4.37. The molecule has 0 radical (unpaired) electrons. The molecule has 1 amide bonds. The number of para-hydroxylation sites is 1. The summed E-state index contributed by atoms with van der Waals surface area (Å²) >= 11 is 0. The summed E-state index contributed by atoms with van der Waals surface area (Å²) in [6, 6.07) is 7.46. The van der Waals surface area contributed by atoms with Crippen LogP contribution in [-0.2, 0) is 4.79 Å². The van der Waals surface area contributed by atoms with E-state index in [1.165, 1.54) is 0 Å². The van der Waals surface area contributed by atoms with Gasteiger partial charge in [-0.25, -0.2) is 0 Å². The molecule has 4 nitrogen and oxygen atoms in total. The highest BCUT2D eigenvalue weighted by molar-refractivity contribution is 5.80. The fourth-order valence-corrected chi connectivity index (χ4v) is 1.66. The Balaban J connectivity index is 2.27. The normalized spacial score (nSPS) is 12.0. The number of carbonyl (C=O) groups excluding carboxylic acids is 1. The smallest absolute Gasteiger partial charge is 0.238 e. The van der Waals surface area contributed by atoms with Gasteiger partial charge in [0.2, 0.25) is 5.91 Å². The van der Waals surface area contributed by atoms with Crippen LogP contribution in [0, 0.1) is 6.92 Å². The molecule has 100 valence electrons. The van der Waals surface area contributed by atoms with Crippen LogP contribution in [-0.4, -0.2) is 37.0 Å². The van der Waals surface area contributed by atoms with Crippen LogP contribution in [0.1, 0.15) is 18.9 Å². The lowest BCUT2D eigenvalue weighted by Crippen LogP contribution is -2.40. The molecule has 0 spiro atoms. The Kier molecular flexibility index (Phi) is 5.65. The van der Waals surface area contributed by atoms with Crippen molar-refractivity contribution in [2.24, 2.45) is 5.73 Å². The molecular weight excluding hydrogens is 228 g/mol. The molecule has 0 aliphatic carbocycles. The van der Waals surface area contributed by atoms with Gasteiger partial charge in [0, 0.05) is 13.6 Å². The molecule has 0 saturated carbocycles. The second-order valence-corrected chi connectivity index (χ2v) is 4.52. The van der Waals surface area contributed by atoms with Crippen molar-refractivity contribution < 1.29 is 9.53 Å². The summed E-state index contributed by atoms with van der Waals surface area (Å²) in [6.07, 6.45) is 0.795. The van der Waals surface area contributed by atoms with Crippen molar-refractivity contribution in [2.45, 2.75) is 26.3 Å². The molecule has 0 aliphatic heterocycles. The predicted octanol–water partition coefficient (Wildman–Crippen LogP) is 1.57. The summed E-state index contributed by atoms with van der Waals surface area (Å²) in [5.74, 6) is 0.865. The van der Waals surface area contributed by atoms with E-state index in [2.05, 4.69) is 0 Å². The first-order chi connectivity index (χ1) is 8.52. The standard InChI is InChI=1S/C14H22N2O2/c1-11-7-4-5-8-13(11)18-10-6-9-16(3)14(17)12(2)15/h4-5,7-8,12H,6,9-10,15H2,1-3H3/t12-/m0/s1. The van der Waals surface area contributed by atoms with Crippen LogP contribution in [0.5, 0.6) is 5.75 Å². The van der Waals surface area contributed by atoms with Gasteiger partial charge in [0.15, 0.2) is 0 Å². The SMILES string of the molecule is Cc1ccccc1OCCCN(C)C(=O)[C@H](C)N. The number of aryl methyl sites for hydroxylation is 1. The van der Waals surface area contributed by atoms with E-state index >= 15 is 0 Å². The summed E-state index contributed by atoms with van der Waals surface area (Å²) < 4.78 is 5.66. The van der Waals surface area contributed by atoms with Gasteiger partial charge in [-0.15, -0.1) is 0 Å². The topological polar surface area (TPSA) is 55.6 Å². The Bertz CT molecular complexity index is 391.